The largest absolute Gasteiger partial charge is 0.504 e. The quantitative estimate of drug-likeness (QED) is 0.705. The highest BCUT2D eigenvalue weighted by atomic mass is 35.5. The van der Waals surface area contributed by atoms with Crippen molar-refractivity contribution in [3.63, 3.8) is 0 Å². The molecule has 1 heterocycles. The summed E-state index contributed by atoms with van der Waals surface area (Å²) < 4.78 is 0. The van der Waals surface area contributed by atoms with Crippen LogP contribution in [0.2, 0.25) is 5.02 Å². The Hall–Kier alpha value is -0.970. The Morgan fingerprint density at radius 2 is 2.12 bits per heavy atom. The minimum atomic E-state index is -0.242. The summed E-state index contributed by atoms with van der Waals surface area (Å²) in [7, 11) is 1.99. The third-order valence-electron chi connectivity index (χ3n) is 3.46. The number of nitrogens with two attached hydrogens (primary N) is 1. The van der Waals surface area contributed by atoms with Crippen LogP contribution in [0.15, 0.2) is 12.1 Å². The van der Waals surface area contributed by atoms with E-state index in [9.17, 15) is 10.2 Å². The van der Waals surface area contributed by atoms with Gasteiger partial charge in [0.05, 0.1) is 5.02 Å². The summed E-state index contributed by atoms with van der Waals surface area (Å²) in [5.41, 5.74) is 6.38. The molecule has 0 spiro atoms. The minimum Gasteiger partial charge on any atom is -0.504 e. The molecule has 1 aromatic carbocycles. The first kappa shape index (κ1) is 12.5. The molecule has 1 aromatic rings. The van der Waals surface area contributed by atoms with Gasteiger partial charge in [0.15, 0.2) is 11.5 Å². The number of aromatic hydroxyl groups is 2. The van der Waals surface area contributed by atoms with Crippen LogP contribution in [-0.2, 0) is 0 Å². The average Bonchev–Trinajstić information content (AvgIpc) is 2.68. The zero-order valence-corrected chi connectivity index (χ0v) is 10.5. The number of phenols is 2. The Balaban J connectivity index is 2.32. The standard InChI is InChI=1S/C12H17ClN2O2/c1-15-6-7(5-14)4-10(15)8-2-3-9(13)12(17)11(8)16/h2-3,7,10,16-17H,4-6,14H2,1H3. The Kier molecular flexibility index (Phi) is 3.47. The third-order valence-corrected chi connectivity index (χ3v) is 3.77. The van der Waals surface area contributed by atoms with Gasteiger partial charge in [-0.15, -0.1) is 0 Å². The van der Waals surface area contributed by atoms with Crippen molar-refractivity contribution in [3.05, 3.63) is 22.7 Å². The maximum Gasteiger partial charge on any atom is 0.176 e. The van der Waals surface area contributed by atoms with E-state index in [4.69, 9.17) is 17.3 Å². The molecule has 4 nitrogen and oxygen atoms in total. The molecule has 1 aliphatic rings. The van der Waals surface area contributed by atoms with Crippen LogP contribution in [0.25, 0.3) is 0 Å². The van der Waals surface area contributed by atoms with Crippen molar-refractivity contribution in [1.29, 1.82) is 0 Å². The Labute approximate surface area is 106 Å². The molecule has 17 heavy (non-hydrogen) atoms. The van der Waals surface area contributed by atoms with E-state index in [2.05, 4.69) is 4.90 Å². The molecule has 2 atom stereocenters. The number of halogens is 1. The van der Waals surface area contributed by atoms with Gasteiger partial charge in [-0.05, 0) is 32.0 Å². The van der Waals surface area contributed by atoms with Crippen LogP contribution in [0.3, 0.4) is 0 Å². The van der Waals surface area contributed by atoms with Crippen molar-refractivity contribution in [1.82, 2.24) is 4.90 Å². The van der Waals surface area contributed by atoms with Crippen molar-refractivity contribution in [2.75, 3.05) is 20.1 Å². The van der Waals surface area contributed by atoms with Gasteiger partial charge < -0.3 is 15.9 Å². The molecule has 1 saturated heterocycles. The average molecular weight is 257 g/mol. The molecule has 1 aliphatic heterocycles. The van der Waals surface area contributed by atoms with Gasteiger partial charge in [0.25, 0.3) is 0 Å². The van der Waals surface area contributed by atoms with E-state index >= 15 is 0 Å². The van der Waals surface area contributed by atoms with Crippen LogP contribution < -0.4 is 5.73 Å². The fourth-order valence-corrected chi connectivity index (χ4v) is 2.63. The molecule has 0 radical (unpaired) electrons. The lowest BCUT2D eigenvalue weighted by Gasteiger charge is -2.21. The van der Waals surface area contributed by atoms with Crippen molar-refractivity contribution >= 4 is 11.6 Å². The van der Waals surface area contributed by atoms with Crippen LogP contribution in [0, 0.1) is 5.92 Å². The van der Waals surface area contributed by atoms with Gasteiger partial charge in [-0.25, -0.2) is 0 Å². The SMILES string of the molecule is CN1CC(CN)CC1c1ccc(Cl)c(O)c1O. The van der Waals surface area contributed by atoms with Gasteiger partial charge in [-0.1, -0.05) is 17.7 Å². The maximum atomic E-state index is 9.92. The lowest BCUT2D eigenvalue weighted by Crippen LogP contribution is -2.20. The van der Waals surface area contributed by atoms with Crippen molar-refractivity contribution < 1.29 is 10.2 Å². The smallest absolute Gasteiger partial charge is 0.176 e. The van der Waals surface area contributed by atoms with E-state index in [1.54, 1.807) is 12.1 Å². The highest BCUT2D eigenvalue weighted by Crippen LogP contribution is 2.43. The summed E-state index contributed by atoms with van der Waals surface area (Å²) in [6, 6.07) is 3.46. The Morgan fingerprint density at radius 3 is 2.71 bits per heavy atom. The van der Waals surface area contributed by atoms with Gasteiger partial charge in [-0.3, -0.25) is 4.90 Å². The summed E-state index contributed by atoms with van der Waals surface area (Å²) in [5, 5.41) is 19.7. The fourth-order valence-electron chi connectivity index (χ4n) is 2.48. The van der Waals surface area contributed by atoms with Crippen molar-refractivity contribution in [2.45, 2.75) is 12.5 Å². The van der Waals surface area contributed by atoms with Crippen LogP contribution in [0.1, 0.15) is 18.0 Å². The van der Waals surface area contributed by atoms with Gasteiger partial charge in [0.2, 0.25) is 0 Å². The van der Waals surface area contributed by atoms with Crippen LogP contribution in [-0.4, -0.2) is 35.3 Å². The molecule has 0 saturated carbocycles. The monoisotopic (exact) mass is 256 g/mol. The predicted octanol–water partition coefficient (Wildman–Crippen LogP) is 1.70. The topological polar surface area (TPSA) is 69.7 Å². The van der Waals surface area contributed by atoms with Crippen LogP contribution in [0.5, 0.6) is 11.5 Å². The van der Waals surface area contributed by atoms with E-state index in [0.717, 1.165) is 13.0 Å². The number of likely N-dealkylation sites (tertiary alicyclic amines) is 1. The predicted molar refractivity (Wildman–Crippen MR) is 67.3 cm³/mol. The Bertz CT molecular complexity index is 425. The zero-order valence-electron chi connectivity index (χ0n) is 9.73. The van der Waals surface area contributed by atoms with Gasteiger partial charge in [0.1, 0.15) is 0 Å². The minimum absolute atomic E-state index is 0.0896. The summed E-state index contributed by atoms with van der Waals surface area (Å²) in [6.07, 6.45) is 0.891. The summed E-state index contributed by atoms with van der Waals surface area (Å²) in [6.45, 7) is 1.55. The molecular weight excluding hydrogens is 240 g/mol. The molecule has 0 amide bonds. The molecule has 2 rings (SSSR count). The molecule has 4 N–H and O–H groups in total. The van der Waals surface area contributed by atoms with E-state index in [1.807, 2.05) is 7.05 Å². The number of rotatable bonds is 2. The first-order chi connectivity index (χ1) is 8.04. The molecule has 0 aromatic heterocycles. The normalized spacial score (nSPS) is 25.4. The zero-order chi connectivity index (χ0) is 12.6. The lowest BCUT2D eigenvalue weighted by molar-refractivity contribution is 0.302. The van der Waals surface area contributed by atoms with E-state index in [0.29, 0.717) is 18.0 Å². The van der Waals surface area contributed by atoms with Crippen LogP contribution >= 0.6 is 11.6 Å². The molecule has 2 unspecified atom stereocenters. The first-order valence-corrected chi connectivity index (χ1v) is 6.03. The number of hydrogen-bond donors (Lipinski definition) is 3. The first-order valence-electron chi connectivity index (χ1n) is 5.65. The third kappa shape index (κ3) is 2.20. The second-order valence-electron chi connectivity index (χ2n) is 4.63. The maximum absolute atomic E-state index is 9.92. The molecular formula is C12H17ClN2O2. The van der Waals surface area contributed by atoms with Gasteiger partial charge in [0, 0.05) is 18.2 Å². The lowest BCUT2D eigenvalue weighted by atomic mass is 9.99. The summed E-state index contributed by atoms with van der Waals surface area (Å²) >= 11 is 5.74. The second kappa shape index (κ2) is 4.72. The summed E-state index contributed by atoms with van der Waals surface area (Å²) in [5.74, 6) is 0.0722. The number of benzene rings is 1. The molecule has 94 valence electrons. The molecule has 0 aliphatic carbocycles. The van der Waals surface area contributed by atoms with E-state index < -0.39 is 0 Å². The van der Waals surface area contributed by atoms with E-state index in [-0.39, 0.29) is 22.6 Å². The molecule has 0 bridgehead atoms. The number of nitrogens with zero attached hydrogens (tertiary/aromatic N) is 1. The van der Waals surface area contributed by atoms with Gasteiger partial charge in [-0.2, -0.15) is 0 Å². The highest BCUT2D eigenvalue weighted by molar-refractivity contribution is 6.32. The summed E-state index contributed by atoms with van der Waals surface area (Å²) in [4.78, 5) is 2.14. The van der Waals surface area contributed by atoms with Crippen LogP contribution in [0.4, 0.5) is 0 Å². The van der Waals surface area contributed by atoms with Gasteiger partial charge >= 0.3 is 0 Å². The second-order valence-corrected chi connectivity index (χ2v) is 5.03. The number of phenolic OH excluding ortho intramolecular Hbond substituents is 2. The van der Waals surface area contributed by atoms with Crippen molar-refractivity contribution in [3.8, 4) is 11.5 Å². The fraction of sp³-hybridized carbons (Fsp3) is 0.500. The molecule has 1 fully saturated rings. The number of hydrogen-bond acceptors (Lipinski definition) is 4. The highest BCUT2D eigenvalue weighted by Gasteiger charge is 2.32. The van der Waals surface area contributed by atoms with Crippen molar-refractivity contribution in [2.24, 2.45) is 11.7 Å². The molecule has 5 heteroatoms. The van der Waals surface area contributed by atoms with E-state index in [1.165, 1.54) is 0 Å². The Morgan fingerprint density at radius 1 is 1.41 bits per heavy atom.